The molecular weight excluding hydrogens is 392 g/mol. The number of fused-ring (bicyclic) bond motifs is 1. The molecule has 6 nitrogen and oxygen atoms in total. The minimum atomic E-state index is -0.384. The number of nitrogens with zero attached hydrogens (tertiary/aromatic N) is 1. The first-order valence-electron chi connectivity index (χ1n) is 10.6. The Morgan fingerprint density at radius 2 is 1.77 bits per heavy atom. The van der Waals surface area contributed by atoms with Crippen LogP contribution in [0, 0.1) is 20.8 Å². The van der Waals surface area contributed by atoms with E-state index in [2.05, 4.69) is 41.4 Å². The fraction of sp³-hybridized carbons (Fsp3) is 0.360. The summed E-state index contributed by atoms with van der Waals surface area (Å²) in [4.78, 5) is 27.8. The van der Waals surface area contributed by atoms with Crippen LogP contribution in [0.1, 0.15) is 38.9 Å². The minimum absolute atomic E-state index is 0.0182. The molecule has 0 bridgehead atoms. The third kappa shape index (κ3) is 4.55. The van der Waals surface area contributed by atoms with E-state index in [4.69, 9.17) is 9.15 Å². The van der Waals surface area contributed by atoms with Crippen molar-refractivity contribution in [2.24, 2.45) is 0 Å². The molecule has 1 fully saturated rings. The van der Waals surface area contributed by atoms with Crippen molar-refractivity contribution in [2.45, 2.75) is 26.8 Å². The molecule has 1 amide bonds. The van der Waals surface area contributed by atoms with Crippen molar-refractivity contribution in [3.63, 3.8) is 0 Å². The Morgan fingerprint density at radius 1 is 1.06 bits per heavy atom. The summed E-state index contributed by atoms with van der Waals surface area (Å²) >= 11 is 0. The van der Waals surface area contributed by atoms with E-state index in [1.54, 1.807) is 6.07 Å². The van der Waals surface area contributed by atoms with Crippen LogP contribution in [0.2, 0.25) is 0 Å². The average molecular weight is 421 g/mol. The van der Waals surface area contributed by atoms with Gasteiger partial charge in [-0.25, -0.2) is 0 Å². The number of morpholine rings is 1. The molecule has 1 aromatic heterocycles. The van der Waals surface area contributed by atoms with Gasteiger partial charge in [-0.1, -0.05) is 35.9 Å². The molecule has 3 aromatic rings. The van der Waals surface area contributed by atoms with Crippen LogP contribution in [0.4, 0.5) is 0 Å². The lowest BCUT2D eigenvalue weighted by Gasteiger charge is -2.35. The summed E-state index contributed by atoms with van der Waals surface area (Å²) in [5, 5.41) is 3.47. The summed E-state index contributed by atoms with van der Waals surface area (Å²) in [6.45, 7) is 9.28. The van der Waals surface area contributed by atoms with Crippen LogP contribution in [-0.2, 0) is 4.74 Å². The second-order valence-corrected chi connectivity index (χ2v) is 8.14. The molecule has 6 heteroatoms. The van der Waals surface area contributed by atoms with E-state index in [1.807, 2.05) is 19.9 Å². The van der Waals surface area contributed by atoms with Crippen LogP contribution >= 0.6 is 0 Å². The fourth-order valence-corrected chi connectivity index (χ4v) is 3.98. The van der Waals surface area contributed by atoms with Gasteiger partial charge in [-0.3, -0.25) is 14.5 Å². The number of rotatable bonds is 5. The van der Waals surface area contributed by atoms with Crippen LogP contribution in [0.15, 0.2) is 51.7 Å². The van der Waals surface area contributed by atoms with Crippen LogP contribution in [-0.4, -0.2) is 43.7 Å². The van der Waals surface area contributed by atoms with Crippen LogP contribution in [0.5, 0.6) is 0 Å². The number of amides is 1. The molecule has 31 heavy (non-hydrogen) atoms. The highest BCUT2D eigenvalue weighted by Gasteiger charge is 2.24. The molecule has 0 spiro atoms. The Morgan fingerprint density at radius 3 is 2.48 bits per heavy atom. The smallest absolute Gasteiger partial charge is 0.287 e. The van der Waals surface area contributed by atoms with E-state index >= 15 is 0 Å². The predicted molar refractivity (Wildman–Crippen MR) is 121 cm³/mol. The molecule has 1 N–H and O–H groups in total. The molecular formula is C25H28N2O4. The molecule has 1 aliphatic heterocycles. The molecule has 1 atom stereocenters. The van der Waals surface area contributed by atoms with Crippen molar-refractivity contribution >= 4 is 16.9 Å². The van der Waals surface area contributed by atoms with Gasteiger partial charge in [0.05, 0.1) is 24.6 Å². The van der Waals surface area contributed by atoms with Crippen LogP contribution in [0.25, 0.3) is 11.0 Å². The van der Waals surface area contributed by atoms with E-state index in [9.17, 15) is 9.59 Å². The molecule has 0 radical (unpaired) electrons. The number of aryl methyl sites for hydroxylation is 3. The van der Waals surface area contributed by atoms with Crippen molar-refractivity contribution < 1.29 is 13.9 Å². The van der Waals surface area contributed by atoms with Crippen molar-refractivity contribution in [2.75, 3.05) is 32.8 Å². The van der Waals surface area contributed by atoms with Gasteiger partial charge in [0.25, 0.3) is 5.91 Å². The van der Waals surface area contributed by atoms with Gasteiger partial charge in [0.2, 0.25) is 0 Å². The SMILES string of the molecule is Cc1ccc([C@H](CNC(=O)c2cc(=O)c3ccc(C)c(C)c3o2)N2CCOCC2)cc1. The lowest BCUT2D eigenvalue weighted by molar-refractivity contribution is 0.0161. The van der Waals surface area contributed by atoms with Gasteiger partial charge < -0.3 is 14.5 Å². The normalized spacial score (nSPS) is 15.7. The molecule has 0 unspecified atom stereocenters. The zero-order chi connectivity index (χ0) is 22.0. The highest BCUT2D eigenvalue weighted by atomic mass is 16.5. The molecule has 0 saturated carbocycles. The number of ether oxygens (including phenoxy) is 1. The topological polar surface area (TPSA) is 71.8 Å². The number of benzene rings is 2. The Bertz CT molecular complexity index is 1140. The molecule has 4 rings (SSSR count). The van der Waals surface area contributed by atoms with E-state index in [0.29, 0.717) is 30.7 Å². The first-order chi connectivity index (χ1) is 14.9. The second kappa shape index (κ2) is 9.04. The minimum Gasteiger partial charge on any atom is -0.450 e. The summed E-state index contributed by atoms with van der Waals surface area (Å²) in [6.07, 6.45) is 0. The first-order valence-corrected chi connectivity index (χ1v) is 10.6. The molecule has 1 saturated heterocycles. The Kier molecular flexibility index (Phi) is 6.20. The maximum atomic E-state index is 12.9. The molecule has 0 aliphatic carbocycles. The number of hydrogen-bond donors (Lipinski definition) is 1. The predicted octanol–water partition coefficient (Wildman–Crippen LogP) is 3.52. The van der Waals surface area contributed by atoms with Gasteiger partial charge in [-0.05, 0) is 43.5 Å². The van der Waals surface area contributed by atoms with Crippen LogP contribution in [0.3, 0.4) is 0 Å². The largest absolute Gasteiger partial charge is 0.450 e. The maximum absolute atomic E-state index is 12.9. The summed E-state index contributed by atoms with van der Waals surface area (Å²) in [5.74, 6) is -0.346. The van der Waals surface area contributed by atoms with Crippen molar-refractivity contribution in [3.8, 4) is 0 Å². The standard InChI is InChI=1S/C25H28N2O4/c1-16-4-7-19(8-5-16)21(27-10-12-30-13-11-27)15-26-25(29)23-14-22(28)20-9-6-17(2)18(3)24(20)31-23/h4-9,14,21H,10-13,15H2,1-3H3,(H,26,29)/t21-/m0/s1. The van der Waals surface area contributed by atoms with Gasteiger partial charge in [-0.2, -0.15) is 0 Å². The number of carbonyl (C=O) groups excluding carboxylic acids is 1. The maximum Gasteiger partial charge on any atom is 0.287 e. The van der Waals surface area contributed by atoms with E-state index in [-0.39, 0.29) is 23.1 Å². The fourth-order valence-electron chi connectivity index (χ4n) is 3.98. The molecule has 1 aliphatic rings. The zero-order valence-electron chi connectivity index (χ0n) is 18.2. The average Bonchev–Trinajstić information content (AvgIpc) is 2.78. The van der Waals surface area contributed by atoms with Gasteiger partial charge in [-0.15, -0.1) is 0 Å². The Hall–Kier alpha value is -2.96. The lowest BCUT2D eigenvalue weighted by Crippen LogP contribution is -2.43. The number of hydrogen-bond acceptors (Lipinski definition) is 5. The first kappa shape index (κ1) is 21.3. The van der Waals surface area contributed by atoms with Crippen molar-refractivity contribution in [1.82, 2.24) is 10.2 Å². The molecule has 2 aromatic carbocycles. The highest BCUT2D eigenvalue weighted by Crippen LogP contribution is 2.23. The third-order valence-corrected chi connectivity index (χ3v) is 6.04. The van der Waals surface area contributed by atoms with Crippen molar-refractivity contribution in [3.05, 3.63) is 80.7 Å². The summed E-state index contributed by atoms with van der Waals surface area (Å²) in [7, 11) is 0. The number of nitrogens with one attached hydrogen (secondary N) is 1. The second-order valence-electron chi connectivity index (χ2n) is 8.14. The van der Waals surface area contributed by atoms with E-state index in [1.165, 1.54) is 11.6 Å². The quantitative estimate of drug-likeness (QED) is 0.684. The number of carbonyl (C=O) groups is 1. The Balaban J connectivity index is 1.58. The van der Waals surface area contributed by atoms with Crippen LogP contribution < -0.4 is 10.7 Å². The van der Waals surface area contributed by atoms with E-state index in [0.717, 1.165) is 29.8 Å². The van der Waals surface area contributed by atoms with Gasteiger partial charge in [0.1, 0.15) is 5.58 Å². The third-order valence-electron chi connectivity index (χ3n) is 6.04. The van der Waals surface area contributed by atoms with Gasteiger partial charge in [0, 0.05) is 25.7 Å². The molecule has 2 heterocycles. The highest BCUT2D eigenvalue weighted by molar-refractivity contribution is 5.93. The van der Waals surface area contributed by atoms with E-state index < -0.39 is 0 Å². The summed E-state index contributed by atoms with van der Waals surface area (Å²) < 4.78 is 11.4. The van der Waals surface area contributed by atoms with Gasteiger partial charge >= 0.3 is 0 Å². The summed E-state index contributed by atoms with van der Waals surface area (Å²) in [6, 6.07) is 13.3. The lowest BCUT2D eigenvalue weighted by atomic mass is 10.0. The Labute approximate surface area is 181 Å². The summed E-state index contributed by atoms with van der Waals surface area (Å²) in [5.41, 5.74) is 4.48. The molecule has 162 valence electrons. The zero-order valence-corrected chi connectivity index (χ0v) is 18.2. The van der Waals surface area contributed by atoms with Gasteiger partial charge in [0.15, 0.2) is 11.2 Å². The monoisotopic (exact) mass is 420 g/mol. The van der Waals surface area contributed by atoms with Crippen molar-refractivity contribution in [1.29, 1.82) is 0 Å².